The Hall–Kier alpha value is 0.923. The van der Waals surface area contributed by atoms with Gasteiger partial charge in [-0.15, -0.1) is 0 Å². The molecule has 25 heavy (non-hydrogen) atoms. The van der Waals surface area contributed by atoms with E-state index in [1.807, 2.05) is 27.7 Å². The Morgan fingerprint density at radius 2 is 0.920 bits per heavy atom. The van der Waals surface area contributed by atoms with Gasteiger partial charge in [0, 0.05) is 12.3 Å². The smallest absolute Gasteiger partial charge is 0.778 e. The van der Waals surface area contributed by atoms with Crippen LogP contribution in [-0.4, -0.2) is 25.5 Å². The molecule has 0 N–H and O–H groups in total. The average Bonchev–Trinajstić information content (AvgIpc) is 2.52. The van der Waals surface area contributed by atoms with E-state index < -0.39 is 15.2 Å². The van der Waals surface area contributed by atoms with Crippen LogP contribution in [0.15, 0.2) is 0 Å². The van der Waals surface area contributed by atoms with Crippen LogP contribution in [0.3, 0.4) is 0 Å². The van der Waals surface area contributed by atoms with Gasteiger partial charge in [0.25, 0.3) is 0 Å². The van der Waals surface area contributed by atoms with Crippen molar-refractivity contribution in [2.24, 2.45) is 0 Å². The molecule has 0 aliphatic rings. The zero-order chi connectivity index (χ0) is 18.9. The predicted octanol–water partition coefficient (Wildman–Crippen LogP) is 4.31. The third-order valence-corrected chi connectivity index (χ3v) is 6.02. The van der Waals surface area contributed by atoms with Gasteiger partial charge in [0.2, 0.25) is 0 Å². The van der Waals surface area contributed by atoms with Crippen LogP contribution in [0.4, 0.5) is 0 Å². The maximum atomic E-state index is 11.1. The summed E-state index contributed by atoms with van der Waals surface area (Å²) in [6.45, 7) is 8.64. The number of hydrogen-bond acceptors (Lipinski definition) is 6. The van der Waals surface area contributed by atoms with E-state index in [4.69, 9.17) is 9.05 Å². The Kier molecular flexibility index (Phi) is 24.1. The van der Waals surface area contributed by atoms with Gasteiger partial charge >= 0.3 is 19.5 Å². The summed E-state index contributed by atoms with van der Waals surface area (Å²) in [5.74, 6) is 0. The molecule has 148 valence electrons. The second-order valence-corrected chi connectivity index (χ2v) is 9.60. The van der Waals surface area contributed by atoms with Crippen LogP contribution in [-0.2, 0) is 37.7 Å². The van der Waals surface area contributed by atoms with Gasteiger partial charge in [-0.1, -0.05) is 53.4 Å². The van der Waals surface area contributed by atoms with Crippen LogP contribution >= 0.6 is 15.2 Å². The van der Waals surface area contributed by atoms with Gasteiger partial charge in [0.05, 0.1) is 13.2 Å². The Morgan fingerprint density at radius 1 is 0.640 bits per heavy atom. The van der Waals surface area contributed by atoms with Crippen molar-refractivity contribution in [1.29, 1.82) is 0 Å². The molecule has 0 aliphatic carbocycles. The molecular weight excluding hydrogens is 416 g/mol. The summed E-state index contributed by atoms with van der Waals surface area (Å²) < 4.78 is 31.7. The SMILES string of the molecule is CCCCOP(=O)([O-])CCCC.CCCCOP(=O)([O-])CCCC.[Zn+2]. The molecule has 0 saturated heterocycles. The Balaban J connectivity index is -0.000000372. The normalized spacial score (nSPS) is 15.3. The summed E-state index contributed by atoms with van der Waals surface area (Å²) >= 11 is 0. The van der Waals surface area contributed by atoms with E-state index >= 15 is 0 Å². The monoisotopic (exact) mass is 450 g/mol. The summed E-state index contributed by atoms with van der Waals surface area (Å²) in [4.78, 5) is 22.1. The second kappa shape index (κ2) is 19.7. The van der Waals surface area contributed by atoms with Crippen LogP contribution in [0, 0.1) is 0 Å². The van der Waals surface area contributed by atoms with E-state index in [-0.39, 0.29) is 31.8 Å². The standard InChI is InChI=1S/2C8H19O3P.Zn/c2*1-3-5-7-11-12(9,10)8-6-4-2;/h2*3-8H2,1-2H3,(H,9,10);/q;;+2/p-2. The van der Waals surface area contributed by atoms with Crippen molar-refractivity contribution < 1.29 is 47.4 Å². The van der Waals surface area contributed by atoms with Gasteiger partial charge < -0.3 is 28.0 Å². The first kappa shape index (κ1) is 30.6. The third kappa shape index (κ3) is 24.9. The summed E-state index contributed by atoms with van der Waals surface area (Å²) in [5.41, 5.74) is 0. The van der Waals surface area contributed by atoms with Crippen LogP contribution < -0.4 is 9.79 Å². The maximum absolute atomic E-state index is 11.1. The van der Waals surface area contributed by atoms with Gasteiger partial charge in [-0.3, -0.25) is 0 Å². The van der Waals surface area contributed by atoms with Gasteiger partial charge in [0.1, 0.15) is 15.2 Å². The fraction of sp³-hybridized carbons (Fsp3) is 1.00. The van der Waals surface area contributed by atoms with Crippen LogP contribution in [0.5, 0.6) is 0 Å². The first-order valence-electron chi connectivity index (χ1n) is 9.13. The molecule has 0 amide bonds. The molecule has 0 aliphatic heterocycles. The zero-order valence-corrected chi connectivity index (χ0v) is 21.3. The summed E-state index contributed by atoms with van der Waals surface area (Å²) in [6, 6.07) is 0. The van der Waals surface area contributed by atoms with Gasteiger partial charge in [0.15, 0.2) is 0 Å². The Morgan fingerprint density at radius 3 is 1.16 bits per heavy atom. The van der Waals surface area contributed by atoms with Crippen molar-refractivity contribution in [3.8, 4) is 0 Å². The molecule has 6 nitrogen and oxygen atoms in total. The average molecular weight is 452 g/mol. The molecule has 2 unspecified atom stereocenters. The Bertz CT molecular complexity index is 335. The van der Waals surface area contributed by atoms with Crippen LogP contribution in [0.1, 0.15) is 79.1 Å². The molecule has 0 aromatic carbocycles. The van der Waals surface area contributed by atoms with Gasteiger partial charge in [-0.25, -0.2) is 0 Å². The van der Waals surface area contributed by atoms with Crippen molar-refractivity contribution in [2.75, 3.05) is 25.5 Å². The van der Waals surface area contributed by atoms with Crippen LogP contribution in [0.25, 0.3) is 0 Å². The van der Waals surface area contributed by atoms with E-state index in [9.17, 15) is 18.9 Å². The molecule has 0 rings (SSSR count). The molecule has 0 spiro atoms. The minimum atomic E-state index is -3.49. The van der Waals surface area contributed by atoms with E-state index in [0.717, 1.165) is 38.5 Å². The molecule has 0 aromatic rings. The minimum Gasteiger partial charge on any atom is -0.778 e. The first-order chi connectivity index (χ1) is 11.2. The predicted molar refractivity (Wildman–Crippen MR) is 96.5 cm³/mol. The maximum Gasteiger partial charge on any atom is 2.00 e. The van der Waals surface area contributed by atoms with Crippen molar-refractivity contribution >= 4 is 15.2 Å². The van der Waals surface area contributed by atoms with Gasteiger partial charge in [-0.05, 0) is 25.7 Å². The molecule has 0 radical (unpaired) electrons. The van der Waals surface area contributed by atoms with E-state index in [0.29, 0.717) is 26.1 Å². The first-order valence-corrected chi connectivity index (χ1v) is 12.6. The van der Waals surface area contributed by atoms with Crippen molar-refractivity contribution in [1.82, 2.24) is 0 Å². The largest absolute Gasteiger partial charge is 2.00 e. The fourth-order valence-electron chi connectivity index (χ4n) is 1.53. The molecule has 0 heterocycles. The molecule has 0 aromatic heterocycles. The Labute approximate surface area is 167 Å². The van der Waals surface area contributed by atoms with E-state index in [1.54, 1.807) is 0 Å². The van der Waals surface area contributed by atoms with E-state index in [1.165, 1.54) is 0 Å². The molecule has 2 atom stereocenters. The molecular formula is C16H36O6P2Zn. The fourth-order valence-corrected chi connectivity index (χ4v) is 4.01. The summed E-state index contributed by atoms with van der Waals surface area (Å²) in [6.07, 6.45) is 7.13. The number of unbranched alkanes of at least 4 members (excludes halogenated alkanes) is 4. The second-order valence-electron chi connectivity index (χ2n) is 5.75. The number of rotatable bonds is 14. The number of hydrogen-bond donors (Lipinski definition) is 0. The molecule has 0 bridgehead atoms. The van der Waals surface area contributed by atoms with Crippen molar-refractivity contribution in [3.63, 3.8) is 0 Å². The molecule has 9 heteroatoms. The third-order valence-electron chi connectivity index (χ3n) is 3.14. The quantitative estimate of drug-likeness (QED) is 0.222. The van der Waals surface area contributed by atoms with E-state index in [2.05, 4.69) is 0 Å². The molecule has 0 saturated carbocycles. The van der Waals surface area contributed by atoms with Gasteiger partial charge in [-0.2, -0.15) is 0 Å². The summed E-state index contributed by atoms with van der Waals surface area (Å²) in [7, 11) is -6.98. The minimum absolute atomic E-state index is 0. The topological polar surface area (TPSA) is 98.7 Å². The van der Waals surface area contributed by atoms with Crippen LogP contribution in [0.2, 0.25) is 0 Å². The zero-order valence-electron chi connectivity index (χ0n) is 16.5. The van der Waals surface area contributed by atoms with Crippen molar-refractivity contribution in [2.45, 2.75) is 79.1 Å². The van der Waals surface area contributed by atoms with Crippen molar-refractivity contribution in [3.05, 3.63) is 0 Å². The summed E-state index contributed by atoms with van der Waals surface area (Å²) in [5, 5.41) is 0. The molecule has 0 fully saturated rings.